The summed E-state index contributed by atoms with van der Waals surface area (Å²) in [7, 11) is 0. The third-order valence-electron chi connectivity index (χ3n) is 11.8. The molecule has 5 heterocycles. The van der Waals surface area contributed by atoms with E-state index in [9.17, 15) is 47.0 Å². The zero-order valence-electron chi connectivity index (χ0n) is 34.6. The van der Waals surface area contributed by atoms with Crippen LogP contribution in [0.15, 0.2) is 47.3 Å². The number of carbonyl (C=O) groups excluding carboxylic acids is 5. The standard InChI is InChI=1S/C44H42F3N7O9/c1-5-23-25-14-22(55)8-10-29(25)51-37-26(23)19-53-31(37)15-28-27(40(53)60)20-62-41(61)43(28,6-2)63-35(58)11-12-49-34(57)18-50-30-13-21(7-9-24(30)39(48)59)54-32-16-42(3,4)17-33(56)36(32)38(52-54)44(45,46)47/h7-10,13-15,50,55H,5-6,11-12,16-20H2,1-4H3,(H2,48,59)(H,49,57)/t43-/m0/s1. The minimum Gasteiger partial charge on any atom is -0.508 e. The number of nitrogens with two attached hydrogens (primary N) is 1. The highest BCUT2D eigenvalue weighted by molar-refractivity contribution is 6.01. The molecule has 3 aliphatic rings. The van der Waals surface area contributed by atoms with Crippen molar-refractivity contribution in [2.24, 2.45) is 11.1 Å². The Kier molecular flexibility index (Phi) is 10.4. The number of pyridine rings is 2. The molecule has 1 atom stereocenters. The number of cyclic esters (lactones) is 1. The van der Waals surface area contributed by atoms with E-state index in [-0.39, 0.29) is 78.5 Å². The first-order valence-corrected chi connectivity index (χ1v) is 20.2. The highest BCUT2D eigenvalue weighted by Crippen LogP contribution is 2.44. The summed E-state index contributed by atoms with van der Waals surface area (Å²) in [4.78, 5) is 84.1. The van der Waals surface area contributed by atoms with Crippen LogP contribution in [-0.2, 0) is 61.6 Å². The van der Waals surface area contributed by atoms with Crippen LogP contribution in [0, 0.1) is 5.41 Å². The summed E-state index contributed by atoms with van der Waals surface area (Å²) in [5.74, 6) is -3.93. The molecule has 2 amide bonds. The predicted octanol–water partition coefficient (Wildman–Crippen LogP) is 4.98. The van der Waals surface area contributed by atoms with Crippen molar-refractivity contribution in [2.45, 2.75) is 84.7 Å². The van der Waals surface area contributed by atoms with Gasteiger partial charge in [0.1, 0.15) is 12.4 Å². The number of fused-ring (bicyclic) bond motifs is 6. The van der Waals surface area contributed by atoms with Crippen LogP contribution in [0.4, 0.5) is 18.9 Å². The van der Waals surface area contributed by atoms with Gasteiger partial charge in [-0.2, -0.15) is 18.3 Å². The molecule has 0 saturated carbocycles. The van der Waals surface area contributed by atoms with Crippen LogP contribution >= 0.6 is 0 Å². The molecule has 0 radical (unpaired) electrons. The fourth-order valence-electron chi connectivity index (χ4n) is 8.88. The number of anilines is 1. The topological polar surface area (TPSA) is 227 Å². The lowest BCUT2D eigenvalue weighted by Crippen LogP contribution is -2.47. The van der Waals surface area contributed by atoms with Gasteiger partial charge >= 0.3 is 18.1 Å². The molecule has 0 spiro atoms. The van der Waals surface area contributed by atoms with E-state index in [0.29, 0.717) is 23.3 Å². The number of phenols is 1. The molecule has 5 aromatic rings. The van der Waals surface area contributed by atoms with E-state index in [4.69, 9.17) is 20.2 Å². The Bertz CT molecular complexity index is 2880. The number of aromatic nitrogens is 4. The summed E-state index contributed by atoms with van der Waals surface area (Å²) >= 11 is 0. The van der Waals surface area contributed by atoms with Gasteiger partial charge in [0, 0.05) is 35.2 Å². The maximum Gasteiger partial charge on any atom is 0.435 e. The second kappa shape index (κ2) is 15.4. The van der Waals surface area contributed by atoms with Crippen molar-refractivity contribution < 1.29 is 51.7 Å². The van der Waals surface area contributed by atoms with Gasteiger partial charge in [-0.05, 0) is 72.7 Å². The Morgan fingerprint density at radius 1 is 1.03 bits per heavy atom. The largest absolute Gasteiger partial charge is 0.508 e. The summed E-state index contributed by atoms with van der Waals surface area (Å²) in [6.45, 7) is 6.20. The highest BCUT2D eigenvalue weighted by atomic mass is 19.4. The second-order valence-electron chi connectivity index (χ2n) is 16.6. The molecule has 3 aromatic heterocycles. The van der Waals surface area contributed by atoms with Crippen LogP contribution in [0.3, 0.4) is 0 Å². The number of esters is 2. The van der Waals surface area contributed by atoms with Gasteiger partial charge < -0.3 is 35.5 Å². The van der Waals surface area contributed by atoms with E-state index in [1.165, 1.54) is 24.3 Å². The molecular weight excluding hydrogens is 828 g/mol. The molecule has 2 aromatic carbocycles. The number of halogens is 3. The van der Waals surface area contributed by atoms with Crippen molar-refractivity contribution in [2.75, 3.05) is 18.4 Å². The van der Waals surface area contributed by atoms with E-state index >= 15 is 0 Å². The number of phenolic OH excluding ortho intramolecular Hbond substituents is 1. The van der Waals surface area contributed by atoms with Gasteiger partial charge in [-0.3, -0.25) is 24.0 Å². The van der Waals surface area contributed by atoms with Gasteiger partial charge in [0.05, 0.1) is 64.5 Å². The van der Waals surface area contributed by atoms with Crippen molar-refractivity contribution in [3.05, 3.63) is 97.6 Å². The Morgan fingerprint density at radius 3 is 2.49 bits per heavy atom. The Labute approximate surface area is 356 Å². The molecular formula is C44H42F3N7O9. The zero-order chi connectivity index (χ0) is 45.3. The first kappa shape index (κ1) is 42.6. The number of nitrogens with zero attached hydrogens (tertiary/aromatic N) is 4. The van der Waals surface area contributed by atoms with Gasteiger partial charge in [0.15, 0.2) is 11.5 Å². The average Bonchev–Trinajstić information content (AvgIpc) is 3.79. The molecule has 328 valence electrons. The van der Waals surface area contributed by atoms with Gasteiger partial charge in [0.25, 0.3) is 11.5 Å². The fraction of sp³-hybridized carbons (Fsp3) is 0.364. The SMILES string of the molecule is CCc1c2c(nc3ccc(O)cc13)-c1cc3c(c(=O)n1C2)COC(=O)[C@@]3(CC)OC(=O)CCNC(=O)CNc1cc(-n2nc(C(F)(F)F)c3c2CC(C)(C)CC3=O)ccc1C(N)=O. The van der Waals surface area contributed by atoms with Crippen molar-refractivity contribution in [1.29, 1.82) is 0 Å². The molecule has 8 rings (SSSR count). The van der Waals surface area contributed by atoms with Gasteiger partial charge in [-0.15, -0.1) is 0 Å². The quantitative estimate of drug-likeness (QED) is 0.127. The molecule has 19 heteroatoms. The van der Waals surface area contributed by atoms with Gasteiger partial charge in [-0.25, -0.2) is 14.5 Å². The number of ketones is 1. The van der Waals surface area contributed by atoms with E-state index < -0.39 is 76.5 Å². The minimum atomic E-state index is -4.92. The van der Waals surface area contributed by atoms with Crippen molar-refractivity contribution >= 4 is 46.1 Å². The summed E-state index contributed by atoms with van der Waals surface area (Å²) < 4.78 is 56.1. The number of rotatable bonds is 11. The zero-order valence-corrected chi connectivity index (χ0v) is 34.6. The molecule has 16 nitrogen and oxygen atoms in total. The molecule has 5 N–H and O–H groups in total. The predicted molar refractivity (Wildman–Crippen MR) is 219 cm³/mol. The molecule has 0 fully saturated rings. The van der Waals surface area contributed by atoms with E-state index in [2.05, 4.69) is 15.7 Å². The van der Waals surface area contributed by atoms with Crippen molar-refractivity contribution in [1.82, 2.24) is 24.6 Å². The third kappa shape index (κ3) is 7.33. The lowest BCUT2D eigenvalue weighted by molar-refractivity contribution is -0.189. The summed E-state index contributed by atoms with van der Waals surface area (Å²) in [5.41, 5.74) is 4.29. The molecule has 63 heavy (non-hydrogen) atoms. The molecule has 1 aliphatic carbocycles. The van der Waals surface area contributed by atoms with Crippen LogP contribution in [0.1, 0.15) is 101 Å². The average molecular weight is 870 g/mol. The van der Waals surface area contributed by atoms with Crippen LogP contribution in [0.25, 0.3) is 28.0 Å². The number of ether oxygens (including phenoxy) is 2. The second-order valence-corrected chi connectivity index (χ2v) is 16.6. The Hall–Kier alpha value is -7.05. The number of hydrogen-bond acceptors (Lipinski definition) is 12. The lowest BCUT2D eigenvalue weighted by atomic mass is 9.75. The normalized spacial score (nSPS) is 17.3. The molecule has 0 saturated heterocycles. The van der Waals surface area contributed by atoms with Crippen molar-refractivity contribution in [3.63, 3.8) is 0 Å². The number of carbonyl (C=O) groups is 5. The van der Waals surface area contributed by atoms with Gasteiger partial charge in [0.2, 0.25) is 11.5 Å². The number of hydrogen-bond donors (Lipinski definition) is 4. The molecule has 0 unspecified atom stereocenters. The minimum absolute atomic E-state index is 0.00764. The number of alkyl halides is 3. The number of primary amides is 1. The fourth-order valence-corrected chi connectivity index (χ4v) is 8.88. The van der Waals surface area contributed by atoms with Gasteiger partial charge in [-0.1, -0.05) is 27.7 Å². The first-order valence-electron chi connectivity index (χ1n) is 20.2. The number of amides is 2. The van der Waals surface area contributed by atoms with Crippen LogP contribution in [0.5, 0.6) is 5.75 Å². The smallest absolute Gasteiger partial charge is 0.435 e. The summed E-state index contributed by atoms with van der Waals surface area (Å²) in [5, 5.41) is 20.0. The molecule has 0 bridgehead atoms. The number of benzene rings is 2. The lowest BCUT2D eigenvalue weighted by Gasteiger charge is -2.35. The molecule has 2 aliphatic heterocycles. The van der Waals surface area contributed by atoms with Crippen LogP contribution in [-0.4, -0.2) is 67.1 Å². The Balaban J connectivity index is 0.981. The summed E-state index contributed by atoms with van der Waals surface area (Å²) in [6, 6.07) is 10.4. The maximum absolute atomic E-state index is 14.1. The van der Waals surface area contributed by atoms with E-state index in [1.807, 2.05) is 6.92 Å². The van der Waals surface area contributed by atoms with Crippen LogP contribution in [0.2, 0.25) is 0 Å². The maximum atomic E-state index is 14.1. The van der Waals surface area contributed by atoms with Crippen molar-refractivity contribution in [3.8, 4) is 22.8 Å². The number of Topliss-reactive ketones (excluding diaryl/α,β-unsaturated/α-hetero) is 1. The van der Waals surface area contributed by atoms with E-state index in [1.54, 1.807) is 43.5 Å². The van der Waals surface area contributed by atoms with Crippen LogP contribution < -0.4 is 21.9 Å². The monoisotopic (exact) mass is 869 g/mol. The number of nitrogens with one attached hydrogen (secondary N) is 2. The summed E-state index contributed by atoms with van der Waals surface area (Å²) in [6.07, 6.45) is -4.82. The third-order valence-corrected chi connectivity index (χ3v) is 11.8. The number of aromatic hydroxyl groups is 1. The van der Waals surface area contributed by atoms with E-state index in [0.717, 1.165) is 21.2 Å². The Morgan fingerprint density at radius 2 is 1.79 bits per heavy atom. The highest BCUT2D eigenvalue weighted by Gasteiger charge is 2.51. The first-order chi connectivity index (χ1) is 29.8. The number of aryl methyl sites for hydroxylation is 1.